The molecule has 2 atom stereocenters. The Morgan fingerprint density at radius 3 is 2.30 bits per heavy atom. The number of carbonyl (C=O) groups excluding carboxylic acids is 3. The number of nitrogens with zero attached hydrogens (tertiary/aromatic N) is 1. The van der Waals surface area contributed by atoms with E-state index in [0.717, 1.165) is 13.1 Å². The second kappa shape index (κ2) is 8.39. The maximum atomic E-state index is 12.9. The predicted molar refractivity (Wildman–Crippen MR) is 103 cm³/mol. The van der Waals surface area contributed by atoms with Crippen LogP contribution in [0.5, 0.6) is 0 Å². The van der Waals surface area contributed by atoms with Gasteiger partial charge in [-0.25, -0.2) is 0 Å². The largest absolute Gasteiger partial charge is 0.373 e. The Morgan fingerprint density at radius 2 is 1.70 bits per heavy atom. The molecule has 1 aromatic rings. The van der Waals surface area contributed by atoms with Crippen LogP contribution in [0.2, 0.25) is 10.0 Å². The molecule has 7 heteroatoms. The van der Waals surface area contributed by atoms with E-state index in [0.29, 0.717) is 23.6 Å². The monoisotopic (exact) mass is 411 g/mol. The maximum Gasteiger partial charge on any atom is 0.182 e. The first kappa shape index (κ1) is 20.5. The van der Waals surface area contributed by atoms with E-state index < -0.39 is 11.7 Å². The Bertz CT molecular complexity index is 753. The van der Waals surface area contributed by atoms with E-state index in [1.807, 2.05) is 13.8 Å². The van der Waals surface area contributed by atoms with Crippen LogP contribution in [0.1, 0.15) is 49.0 Å². The zero-order valence-electron chi connectivity index (χ0n) is 15.5. The molecule has 27 heavy (non-hydrogen) atoms. The highest BCUT2D eigenvalue weighted by Crippen LogP contribution is 2.33. The van der Waals surface area contributed by atoms with Gasteiger partial charge in [0.2, 0.25) is 0 Å². The van der Waals surface area contributed by atoms with Crippen LogP contribution in [-0.2, 0) is 20.9 Å². The summed E-state index contributed by atoms with van der Waals surface area (Å²) in [5, 5.41) is 0.690. The van der Waals surface area contributed by atoms with Crippen LogP contribution in [0.3, 0.4) is 0 Å². The Morgan fingerprint density at radius 1 is 1.11 bits per heavy atom. The molecule has 1 aromatic carbocycles. The first-order valence-corrected chi connectivity index (χ1v) is 9.97. The lowest BCUT2D eigenvalue weighted by atomic mass is 9.81. The van der Waals surface area contributed by atoms with Crippen molar-refractivity contribution in [3.05, 3.63) is 33.3 Å². The molecule has 0 amide bonds. The molecular weight excluding hydrogens is 389 g/mol. The van der Waals surface area contributed by atoms with E-state index in [9.17, 15) is 14.4 Å². The van der Waals surface area contributed by atoms with Crippen LogP contribution in [-0.4, -0.2) is 47.5 Å². The molecular formula is C20H23Cl2NO4. The van der Waals surface area contributed by atoms with Crippen molar-refractivity contribution in [2.45, 2.75) is 51.9 Å². The number of halogens is 2. The van der Waals surface area contributed by atoms with Crippen molar-refractivity contribution in [3.63, 3.8) is 0 Å². The van der Waals surface area contributed by atoms with Crippen LogP contribution in [0.25, 0.3) is 0 Å². The van der Waals surface area contributed by atoms with Crippen molar-refractivity contribution in [1.29, 1.82) is 0 Å². The molecule has 1 saturated carbocycles. The van der Waals surface area contributed by atoms with E-state index in [1.165, 1.54) is 6.07 Å². The minimum atomic E-state index is -1.23. The van der Waals surface area contributed by atoms with Gasteiger partial charge >= 0.3 is 0 Å². The van der Waals surface area contributed by atoms with Crippen molar-refractivity contribution in [2.75, 3.05) is 13.1 Å². The standard InChI is InChI=1S/C20H23Cl2NO4/c1-11-8-23(9-12(2)27-11)10-14-15(21)7-6-13(19(14)22)20(26)18-16(24)4-3-5-17(18)25/h6-7,11-12,18H,3-5,8-10H2,1-2H3. The average Bonchev–Trinajstić information content (AvgIpc) is 2.57. The minimum absolute atomic E-state index is 0.0913. The zero-order valence-corrected chi connectivity index (χ0v) is 17.0. The summed E-state index contributed by atoms with van der Waals surface area (Å²) < 4.78 is 5.74. The third-order valence-corrected chi connectivity index (χ3v) is 5.87. The van der Waals surface area contributed by atoms with Gasteiger partial charge in [-0.15, -0.1) is 0 Å². The maximum absolute atomic E-state index is 12.9. The smallest absolute Gasteiger partial charge is 0.182 e. The van der Waals surface area contributed by atoms with Gasteiger partial charge in [-0.05, 0) is 32.4 Å². The summed E-state index contributed by atoms with van der Waals surface area (Å²) in [6, 6.07) is 3.12. The quantitative estimate of drug-likeness (QED) is 0.557. The number of carbonyl (C=O) groups is 3. The summed E-state index contributed by atoms with van der Waals surface area (Å²) in [5.41, 5.74) is 0.834. The van der Waals surface area contributed by atoms with Gasteiger partial charge in [0.1, 0.15) is 5.92 Å². The number of Topliss-reactive ketones (excluding diaryl/α,β-unsaturated/α-hetero) is 3. The van der Waals surface area contributed by atoms with E-state index in [1.54, 1.807) is 6.07 Å². The summed E-state index contributed by atoms with van der Waals surface area (Å²) in [4.78, 5) is 39.4. The van der Waals surface area contributed by atoms with Crippen molar-refractivity contribution < 1.29 is 19.1 Å². The molecule has 2 unspecified atom stereocenters. The Labute approximate surface area is 168 Å². The summed E-state index contributed by atoms with van der Waals surface area (Å²) in [6.07, 6.45) is 1.20. The van der Waals surface area contributed by atoms with Crippen molar-refractivity contribution >= 4 is 40.6 Å². The Hall–Kier alpha value is -1.27. The van der Waals surface area contributed by atoms with Gasteiger partial charge < -0.3 is 4.74 Å². The summed E-state index contributed by atoms with van der Waals surface area (Å²) in [5.74, 6) is -2.38. The van der Waals surface area contributed by atoms with Crippen LogP contribution >= 0.6 is 23.2 Å². The molecule has 0 bridgehead atoms. The number of rotatable bonds is 4. The fraction of sp³-hybridized carbons (Fsp3) is 0.550. The van der Waals surface area contributed by atoms with Gasteiger partial charge in [-0.3, -0.25) is 19.3 Å². The molecule has 1 aliphatic carbocycles. The average molecular weight is 412 g/mol. The highest BCUT2D eigenvalue weighted by atomic mass is 35.5. The lowest BCUT2D eigenvalue weighted by molar-refractivity contribution is -0.133. The van der Waals surface area contributed by atoms with Gasteiger partial charge in [0.15, 0.2) is 17.3 Å². The second-order valence-corrected chi connectivity index (χ2v) is 8.21. The summed E-state index contributed by atoms with van der Waals surface area (Å²) >= 11 is 12.9. The number of ether oxygens (including phenoxy) is 1. The van der Waals surface area contributed by atoms with Crippen molar-refractivity contribution in [3.8, 4) is 0 Å². The fourth-order valence-corrected chi connectivity index (χ4v) is 4.51. The minimum Gasteiger partial charge on any atom is -0.373 e. The fourth-order valence-electron chi connectivity index (χ4n) is 3.92. The highest BCUT2D eigenvalue weighted by molar-refractivity contribution is 6.39. The van der Waals surface area contributed by atoms with E-state index in [4.69, 9.17) is 27.9 Å². The Balaban J connectivity index is 1.88. The second-order valence-electron chi connectivity index (χ2n) is 7.42. The molecule has 146 valence electrons. The van der Waals surface area contributed by atoms with Gasteiger partial charge in [-0.1, -0.05) is 23.2 Å². The van der Waals surface area contributed by atoms with E-state index in [2.05, 4.69) is 4.90 Å². The summed E-state index contributed by atoms with van der Waals surface area (Å²) in [7, 11) is 0. The van der Waals surface area contributed by atoms with Gasteiger partial charge in [0.05, 0.1) is 17.2 Å². The number of hydrogen-bond acceptors (Lipinski definition) is 5. The predicted octanol–water partition coefficient (Wildman–Crippen LogP) is 3.72. The van der Waals surface area contributed by atoms with Crippen LogP contribution in [0, 0.1) is 5.92 Å². The zero-order chi connectivity index (χ0) is 19.7. The molecule has 3 rings (SSSR count). The molecule has 1 heterocycles. The molecule has 2 aliphatic rings. The highest BCUT2D eigenvalue weighted by Gasteiger charge is 2.37. The lowest BCUT2D eigenvalue weighted by Crippen LogP contribution is -2.45. The molecule has 1 saturated heterocycles. The molecule has 0 aromatic heterocycles. The van der Waals surface area contributed by atoms with Crippen LogP contribution in [0.15, 0.2) is 12.1 Å². The molecule has 0 radical (unpaired) electrons. The summed E-state index contributed by atoms with van der Waals surface area (Å²) in [6.45, 7) is 5.95. The third-order valence-electron chi connectivity index (χ3n) is 5.08. The molecule has 1 aliphatic heterocycles. The number of benzene rings is 1. The van der Waals surface area contributed by atoms with Gasteiger partial charge in [0.25, 0.3) is 0 Å². The van der Waals surface area contributed by atoms with E-state index >= 15 is 0 Å². The molecule has 0 N–H and O–H groups in total. The number of ketones is 3. The Kier molecular flexibility index (Phi) is 6.36. The third kappa shape index (κ3) is 4.43. The van der Waals surface area contributed by atoms with Crippen LogP contribution in [0.4, 0.5) is 0 Å². The number of morpholine rings is 1. The molecule has 2 fully saturated rings. The van der Waals surface area contributed by atoms with Gasteiger partial charge in [0, 0.05) is 48.6 Å². The van der Waals surface area contributed by atoms with E-state index in [-0.39, 0.29) is 47.2 Å². The SMILES string of the molecule is CC1CN(Cc2c(Cl)ccc(C(=O)C3C(=O)CCCC3=O)c2Cl)CC(C)O1. The normalized spacial score (nSPS) is 25.0. The first-order chi connectivity index (χ1) is 12.8. The first-order valence-electron chi connectivity index (χ1n) is 9.22. The van der Waals surface area contributed by atoms with Crippen LogP contribution < -0.4 is 0 Å². The van der Waals surface area contributed by atoms with Crippen molar-refractivity contribution in [1.82, 2.24) is 4.90 Å². The lowest BCUT2D eigenvalue weighted by Gasteiger charge is -2.35. The molecule has 5 nitrogen and oxygen atoms in total. The molecule has 0 spiro atoms. The van der Waals surface area contributed by atoms with Gasteiger partial charge in [-0.2, -0.15) is 0 Å². The van der Waals surface area contributed by atoms with Crippen molar-refractivity contribution in [2.24, 2.45) is 5.92 Å². The topological polar surface area (TPSA) is 63.7 Å². The number of hydrogen-bond donors (Lipinski definition) is 0.